The van der Waals surface area contributed by atoms with Crippen molar-refractivity contribution < 1.29 is 37.3 Å². The van der Waals surface area contributed by atoms with Crippen molar-refractivity contribution in [1.29, 1.82) is 0 Å². The van der Waals surface area contributed by atoms with Crippen LogP contribution in [0.25, 0.3) is 11.1 Å². The number of nitrogens with one attached hydrogen (secondary N) is 1. The van der Waals surface area contributed by atoms with Crippen LogP contribution in [0.1, 0.15) is 65.8 Å². The number of carbonyl (C=O) groups is 2. The molecule has 0 unspecified atom stereocenters. The summed E-state index contributed by atoms with van der Waals surface area (Å²) in [5, 5.41) is 12.1. The summed E-state index contributed by atoms with van der Waals surface area (Å²) in [6.45, 7) is 4.55. The maximum atomic E-state index is 13.4. The molecule has 4 rings (SSSR count). The fourth-order valence-corrected chi connectivity index (χ4v) is 5.51. The molecule has 1 heterocycles. The number of benzene rings is 3. The predicted molar refractivity (Wildman–Crippen MR) is 159 cm³/mol. The molecule has 0 radical (unpaired) electrons. The van der Waals surface area contributed by atoms with E-state index in [1.165, 1.54) is 0 Å². The van der Waals surface area contributed by atoms with Gasteiger partial charge in [0.25, 0.3) is 5.91 Å². The van der Waals surface area contributed by atoms with E-state index in [-0.39, 0.29) is 37.2 Å². The number of hydrogen-bond acceptors (Lipinski definition) is 7. The number of unbranched alkanes of at least 4 members (excludes halogenated alkanes) is 1. The van der Waals surface area contributed by atoms with Crippen molar-refractivity contribution in [2.45, 2.75) is 58.3 Å². The second-order valence-electron chi connectivity index (χ2n) is 10.5. The summed E-state index contributed by atoms with van der Waals surface area (Å²) in [6.07, 6.45) is 3.46. The van der Waals surface area contributed by atoms with Crippen LogP contribution in [0.3, 0.4) is 0 Å². The number of amides is 1. The van der Waals surface area contributed by atoms with E-state index in [0.29, 0.717) is 17.1 Å². The van der Waals surface area contributed by atoms with Crippen LogP contribution >= 0.6 is 0 Å². The second-order valence-corrected chi connectivity index (χ2v) is 12.8. The average Bonchev–Trinajstić information content (AvgIpc) is 3.43. The quantitative estimate of drug-likeness (QED) is 0.252. The maximum absolute atomic E-state index is 13.4. The summed E-state index contributed by atoms with van der Waals surface area (Å²) in [6, 6.07) is 17.5. The number of carbonyl (C=O) groups excluding carboxylic acids is 1. The molecule has 0 saturated heterocycles. The maximum Gasteiger partial charge on any atom is 0.326 e. The Morgan fingerprint density at radius 1 is 1.00 bits per heavy atom. The molecule has 3 aromatic rings. The molecule has 1 aliphatic rings. The number of fused-ring (bicyclic) bond motifs is 1. The molecule has 42 heavy (non-hydrogen) atoms. The molecule has 2 atom stereocenters. The summed E-state index contributed by atoms with van der Waals surface area (Å²) < 4.78 is 40.6. The molecular weight excluding hydrogens is 558 g/mol. The van der Waals surface area contributed by atoms with Crippen molar-refractivity contribution in [2.75, 3.05) is 18.8 Å². The number of rotatable bonds is 14. The highest BCUT2D eigenvalue weighted by Crippen LogP contribution is 2.37. The van der Waals surface area contributed by atoms with Crippen LogP contribution in [-0.2, 0) is 26.0 Å². The zero-order valence-corrected chi connectivity index (χ0v) is 24.9. The number of carboxylic acids is 1. The van der Waals surface area contributed by atoms with Gasteiger partial charge in [0, 0.05) is 11.8 Å². The Labute approximate surface area is 246 Å². The fourth-order valence-electron chi connectivity index (χ4n) is 4.85. The van der Waals surface area contributed by atoms with Crippen LogP contribution in [-0.4, -0.2) is 50.2 Å². The van der Waals surface area contributed by atoms with E-state index in [2.05, 4.69) is 12.2 Å². The van der Waals surface area contributed by atoms with Gasteiger partial charge in [0.05, 0.1) is 18.5 Å². The number of aliphatic carboxylic acids is 1. The predicted octanol–water partition coefficient (Wildman–Crippen LogP) is 5.46. The molecule has 0 aliphatic carbocycles. The Hall–Kier alpha value is -3.89. The topological polar surface area (TPSA) is 128 Å². The van der Waals surface area contributed by atoms with Crippen LogP contribution in [0, 0.1) is 6.92 Å². The summed E-state index contributed by atoms with van der Waals surface area (Å²) in [7, 11) is -3.40. The van der Waals surface area contributed by atoms with Gasteiger partial charge >= 0.3 is 5.97 Å². The first-order valence-electron chi connectivity index (χ1n) is 14.0. The minimum absolute atomic E-state index is 0.171. The van der Waals surface area contributed by atoms with Crippen molar-refractivity contribution in [3.8, 4) is 22.6 Å². The van der Waals surface area contributed by atoms with Crippen molar-refractivity contribution in [3.05, 3.63) is 82.9 Å². The van der Waals surface area contributed by atoms with E-state index in [4.69, 9.17) is 14.2 Å². The van der Waals surface area contributed by atoms with E-state index in [1.807, 2.05) is 55.5 Å². The normalized spacial score (nSPS) is 13.9. The summed E-state index contributed by atoms with van der Waals surface area (Å²) >= 11 is 0. The smallest absolute Gasteiger partial charge is 0.326 e. The number of sulfone groups is 1. The lowest BCUT2D eigenvalue weighted by Gasteiger charge is -2.20. The zero-order valence-electron chi connectivity index (χ0n) is 24.1. The van der Waals surface area contributed by atoms with Gasteiger partial charge in [0.1, 0.15) is 15.9 Å². The fraction of sp³-hybridized carbons (Fsp3) is 0.375. The summed E-state index contributed by atoms with van der Waals surface area (Å²) in [5.41, 5.74) is 4.53. The first-order chi connectivity index (χ1) is 20.1. The molecule has 10 heteroatoms. The average molecular weight is 596 g/mol. The van der Waals surface area contributed by atoms with Gasteiger partial charge in [-0.3, -0.25) is 4.79 Å². The number of carboxylic acid groups (broad SMARTS) is 1. The van der Waals surface area contributed by atoms with Gasteiger partial charge in [-0.15, -0.1) is 0 Å². The zero-order chi connectivity index (χ0) is 30.3. The van der Waals surface area contributed by atoms with Crippen LogP contribution in [0.4, 0.5) is 0 Å². The van der Waals surface area contributed by atoms with Crippen molar-refractivity contribution in [1.82, 2.24) is 5.32 Å². The monoisotopic (exact) mass is 595 g/mol. The van der Waals surface area contributed by atoms with Crippen molar-refractivity contribution in [2.24, 2.45) is 0 Å². The standard InChI is InChI=1S/C32H37NO8S/c1-4-5-10-28(23-12-14-29-30(18-23)41-20-40-29)39-19-22-11-13-25(26(17-22)24-9-7-6-8-21(24)2)31(34)33-27(32(35)36)15-16-42(3,37)38/h6-9,11-14,17-18,27-28H,4-5,10,15-16,19-20H2,1-3H3,(H,33,34)(H,35,36)/t27-,28-/m0/s1. The molecule has 0 saturated carbocycles. The highest BCUT2D eigenvalue weighted by molar-refractivity contribution is 7.90. The Bertz CT molecular complexity index is 1540. The third kappa shape index (κ3) is 8.10. The van der Waals surface area contributed by atoms with Crippen LogP contribution in [0.15, 0.2) is 60.7 Å². The minimum atomic E-state index is -3.40. The van der Waals surface area contributed by atoms with E-state index < -0.39 is 27.8 Å². The van der Waals surface area contributed by atoms with E-state index >= 15 is 0 Å². The molecule has 1 aliphatic heterocycles. The number of aryl methyl sites for hydroxylation is 1. The van der Waals surface area contributed by atoms with Gasteiger partial charge in [0.2, 0.25) is 6.79 Å². The highest BCUT2D eigenvalue weighted by atomic mass is 32.2. The van der Waals surface area contributed by atoms with Crippen LogP contribution in [0.2, 0.25) is 0 Å². The highest BCUT2D eigenvalue weighted by Gasteiger charge is 2.25. The summed E-state index contributed by atoms with van der Waals surface area (Å²) in [5.74, 6) is -0.829. The number of ether oxygens (including phenoxy) is 3. The lowest BCUT2D eigenvalue weighted by Crippen LogP contribution is -2.42. The third-order valence-electron chi connectivity index (χ3n) is 7.18. The molecule has 9 nitrogen and oxygen atoms in total. The Morgan fingerprint density at radius 2 is 1.76 bits per heavy atom. The van der Waals surface area contributed by atoms with E-state index in [9.17, 15) is 23.1 Å². The first kappa shape index (κ1) is 31.1. The Kier molecular flexibility index (Phi) is 10.2. The van der Waals surface area contributed by atoms with Gasteiger partial charge in [-0.1, -0.05) is 56.2 Å². The van der Waals surface area contributed by atoms with Gasteiger partial charge in [-0.25, -0.2) is 13.2 Å². The molecule has 0 bridgehead atoms. The lowest BCUT2D eigenvalue weighted by atomic mass is 9.93. The molecule has 2 N–H and O–H groups in total. The molecule has 3 aromatic carbocycles. The molecular formula is C32H37NO8S. The molecule has 0 aromatic heterocycles. The van der Waals surface area contributed by atoms with Gasteiger partial charge in [-0.05, 0) is 71.8 Å². The van der Waals surface area contributed by atoms with Gasteiger partial charge < -0.3 is 24.6 Å². The Morgan fingerprint density at radius 3 is 2.48 bits per heavy atom. The second kappa shape index (κ2) is 13.8. The van der Waals surface area contributed by atoms with Crippen molar-refractivity contribution in [3.63, 3.8) is 0 Å². The minimum Gasteiger partial charge on any atom is -0.480 e. The van der Waals surface area contributed by atoms with E-state index in [0.717, 1.165) is 47.8 Å². The molecule has 0 fully saturated rings. The molecule has 1 amide bonds. The molecule has 224 valence electrons. The first-order valence-corrected chi connectivity index (χ1v) is 16.0. The van der Waals surface area contributed by atoms with Crippen LogP contribution in [0.5, 0.6) is 11.5 Å². The number of hydrogen-bond donors (Lipinski definition) is 2. The van der Waals surface area contributed by atoms with Crippen LogP contribution < -0.4 is 14.8 Å². The van der Waals surface area contributed by atoms with Gasteiger partial charge in [-0.2, -0.15) is 0 Å². The molecule has 0 spiro atoms. The Balaban J connectivity index is 1.60. The third-order valence-corrected chi connectivity index (χ3v) is 8.16. The lowest BCUT2D eigenvalue weighted by molar-refractivity contribution is -0.139. The SMILES string of the molecule is CCCC[C@H](OCc1ccc(C(=O)N[C@@H](CCS(C)(=O)=O)C(=O)O)c(-c2ccccc2C)c1)c1ccc2c(c1)OCO2. The van der Waals surface area contributed by atoms with E-state index in [1.54, 1.807) is 12.1 Å². The van der Waals surface area contributed by atoms with Gasteiger partial charge in [0.15, 0.2) is 11.5 Å². The largest absolute Gasteiger partial charge is 0.480 e. The van der Waals surface area contributed by atoms with Crippen molar-refractivity contribution >= 4 is 21.7 Å². The summed E-state index contributed by atoms with van der Waals surface area (Å²) in [4.78, 5) is 25.2.